The summed E-state index contributed by atoms with van der Waals surface area (Å²) in [7, 11) is 3.20. The summed E-state index contributed by atoms with van der Waals surface area (Å²) < 4.78 is 3.05. The maximum absolute atomic E-state index is 12.7. The van der Waals surface area contributed by atoms with Crippen molar-refractivity contribution in [2.24, 2.45) is 7.05 Å². The number of nitrogens with zero attached hydrogens (tertiary/aromatic N) is 5. The first-order chi connectivity index (χ1) is 14.9. The van der Waals surface area contributed by atoms with Crippen molar-refractivity contribution in [3.63, 3.8) is 0 Å². The average molecular weight is 417 g/mol. The monoisotopic (exact) mass is 417 g/mol. The van der Waals surface area contributed by atoms with Crippen molar-refractivity contribution in [3.8, 4) is 11.1 Å². The minimum atomic E-state index is -0.374. The van der Waals surface area contributed by atoms with Crippen molar-refractivity contribution in [2.45, 2.75) is 20.4 Å². The van der Waals surface area contributed by atoms with Crippen molar-refractivity contribution in [1.29, 1.82) is 0 Å². The molecule has 0 fully saturated rings. The molecule has 0 saturated carbocycles. The van der Waals surface area contributed by atoms with Crippen LogP contribution in [0.1, 0.15) is 21.7 Å². The zero-order valence-corrected chi connectivity index (χ0v) is 17.8. The Morgan fingerprint density at radius 3 is 2.52 bits per heavy atom. The quantitative estimate of drug-likeness (QED) is 0.519. The Morgan fingerprint density at radius 2 is 1.81 bits per heavy atom. The molecule has 0 atom stereocenters. The van der Waals surface area contributed by atoms with Crippen molar-refractivity contribution in [2.75, 3.05) is 12.4 Å². The molecule has 0 aliphatic heterocycles. The van der Waals surface area contributed by atoms with E-state index in [1.807, 2.05) is 19.9 Å². The van der Waals surface area contributed by atoms with Gasteiger partial charge < -0.3 is 10.6 Å². The Bertz CT molecular complexity index is 1290. The summed E-state index contributed by atoms with van der Waals surface area (Å²) in [4.78, 5) is 29.2. The minimum Gasteiger partial charge on any atom is -0.354 e. The SMILES string of the molecule is CNC(=O)c1nn(C)cc1NC(=O)Cn1nc(C)c2c(-c3ccc(C)cc3)ccnc21. The molecule has 3 aromatic heterocycles. The lowest BCUT2D eigenvalue weighted by Crippen LogP contribution is -2.23. The third-order valence-electron chi connectivity index (χ3n) is 5.01. The number of carbonyl (C=O) groups excluding carboxylic acids is 2. The van der Waals surface area contributed by atoms with Crippen molar-refractivity contribution >= 4 is 28.5 Å². The van der Waals surface area contributed by atoms with Crippen molar-refractivity contribution in [1.82, 2.24) is 29.9 Å². The maximum Gasteiger partial charge on any atom is 0.273 e. The van der Waals surface area contributed by atoms with E-state index >= 15 is 0 Å². The molecule has 4 rings (SSSR count). The first kappa shape index (κ1) is 20.3. The number of aryl methyl sites for hydroxylation is 3. The third kappa shape index (κ3) is 3.89. The highest BCUT2D eigenvalue weighted by Gasteiger charge is 2.19. The van der Waals surface area contributed by atoms with Gasteiger partial charge in [0.1, 0.15) is 6.54 Å². The van der Waals surface area contributed by atoms with Gasteiger partial charge in [-0.25, -0.2) is 9.67 Å². The Labute approximate surface area is 179 Å². The number of carbonyl (C=O) groups is 2. The molecular weight excluding hydrogens is 394 g/mol. The molecule has 2 amide bonds. The van der Waals surface area contributed by atoms with Gasteiger partial charge in [-0.05, 0) is 31.0 Å². The van der Waals surface area contributed by atoms with Gasteiger partial charge in [-0.1, -0.05) is 29.8 Å². The number of hydrogen-bond donors (Lipinski definition) is 2. The molecule has 0 unspecified atom stereocenters. The van der Waals surface area contributed by atoms with E-state index in [4.69, 9.17) is 0 Å². The van der Waals surface area contributed by atoms with Gasteiger partial charge in [0.25, 0.3) is 5.91 Å². The predicted octanol–water partition coefficient (Wildman–Crippen LogP) is 2.45. The fraction of sp³-hybridized carbons (Fsp3) is 0.227. The van der Waals surface area contributed by atoms with Crippen molar-refractivity contribution in [3.05, 3.63) is 59.7 Å². The molecule has 0 bridgehead atoms. The lowest BCUT2D eigenvalue weighted by molar-refractivity contribution is -0.116. The standard InChI is InChI=1S/C22H23N7O2/c1-13-5-7-15(8-6-13)16-9-10-24-21-19(16)14(2)26-29(21)12-18(30)25-17-11-28(4)27-20(17)22(31)23-3/h5-11H,12H2,1-4H3,(H,23,31)(H,25,30). The second-order valence-electron chi connectivity index (χ2n) is 7.36. The third-order valence-corrected chi connectivity index (χ3v) is 5.01. The smallest absolute Gasteiger partial charge is 0.273 e. The lowest BCUT2D eigenvalue weighted by atomic mass is 10.0. The number of fused-ring (bicyclic) bond motifs is 1. The molecule has 9 nitrogen and oxygen atoms in total. The van der Waals surface area contributed by atoms with E-state index in [9.17, 15) is 9.59 Å². The lowest BCUT2D eigenvalue weighted by Gasteiger charge is -2.07. The number of rotatable bonds is 5. The molecule has 1 aromatic carbocycles. The number of amides is 2. The van der Waals surface area contributed by atoms with Crippen LogP contribution in [0, 0.1) is 13.8 Å². The second kappa shape index (κ2) is 8.02. The molecule has 3 heterocycles. The Morgan fingerprint density at radius 1 is 1.06 bits per heavy atom. The summed E-state index contributed by atoms with van der Waals surface area (Å²) in [5.41, 5.74) is 5.18. The van der Waals surface area contributed by atoms with Gasteiger partial charge >= 0.3 is 0 Å². The van der Waals surface area contributed by atoms with E-state index in [1.165, 1.54) is 17.3 Å². The van der Waals surface area contributed by atoms with Crippen molar-refractivity contribution < 1.29 is 9.59 Å². The van der Waals surface area contributed by atoms with E-state index in [2.05, 4.69) is 50.1 Å². The Balaban J connectivity index is 1.64. The summed E-state index contributed by atoms with van der Waals surface area (Å²) in [6.45, 7) is 3.91. The number of anilines is 1. The predicted molar refractivity (Wildman–Crippen MR) is 118 cm³/mol. The molecule has 0 aliphatic rings. The number of pyridine rings is 1. The van der Waals surface area contributed by atoms with Crippen LogP contribution in [0.15, 0.2) is 42.7 Å². The van der Waals surface area contributed by atoms with Gasteiger partial charge in [0.2, 0.25) is 5.91 Å². The summed E-state index contributed by atoms with van der Waals surface area (Å²) in [6.07, 6.45) is 3.31. The number of hydrogen-bond acceptors (Lipinski definition) is 5. The molecule has 0 saturated heterocycles. The highest BCUT2D eigenvalue weighted by molar-refractivity contribution is 6.02. The highest BCUT2D eigenvalue weighted by atomic mass is 16.2. The van der Waals surface area contributed by atoms with Crippen LogP contribution in [0.2, 0.25) is 0 Å². The van der Waals surface area contributed by atoms with Gasteiger partial charge in [-0.15, -0.1) is 0 Å². The first-order valence-electron chi connectivity index (χ1n) is 9.82. The fourth-order valence-corrected chi connectivity index (χ4v) is 3.56. The van der Waals surface area contributed by atoms with Gasteiger partial charge in [-0.3, -0.25) is 14.3 Å². The van der Waals surface area contributed by atoms with Crippen LogP contribution in [-0.4, -0.2) is 43.4 Å². The average Bonchev–Trinajstić information content (AvgIpc) is 3.27. The van der Waals surface area contributed by atoms with Crippen LogP contribution in [0.4, 0.5) is 5.69 Å². The highest BCUT2D eigenvalue weighted by Crippen LogP contribution is 2.30. The van der Waals surface area contributed by atoms with Gasteiger partial charge in [0.05, 0.1) is 11.4 Å². The minimum absolute atomic E-state index is 0.0449. The molecule has 0 aliphatic carbocycles. The molecule has 0 radical (unpaired) electrons. The Hall–Kier alpha value is -4.01. The topological polar surface area (TPSA) is 107 Å². The molecule has 4 aromatic rings. The van der Waals surface area contributed by atoms with Crippen LogP contribution in [0.25, 0.3) is 22.2 Å². The van der Waals surface area contributed by atoms with Crippen LogP contribution in [-0.2, 0) is 18.4 Å². The molecule has 0 spiro atoms. The Kier molecular flexibility index (Phi) is 5.24. The van der Waals surface area contributed by atoms with Gasteiger partial charge in [0, 0.05) is 31.9 Å². The molecule has 158 valence electrons. The van der Waals surface area contributed by atoms with Crippen LogP contribution < -0.4 is 10.6 Å². The maximum atomic E-state index is 12.7. The van der Waals surface area contributed by atoms with Crippen LogP contribution in [0.3, 0.4) is 0 Å². The van der Waals surface area contributed by atoms with E-state index in [0.29, 0.717) is 11.3 Å². The number of nitrogens with one attached hydrogen (secondary N) is 2. The zero-order valence-electron chi connectivity index (χ0n) is 17.8. The molecule has 2 N–H and O–H groups in total. The van der Waals surface area contributed by atoms with E-state index in [1.54, 1.807) is 24.1 Å². The summed E-state index contributed by atoms with van der Waals surface area (Å²) in [5.74, 6) is -0.703. The van der Waals surface area contributed by atoms with E-state index < -0.39 is 0 Å². The fourth-order valence-electron chi connectivity index (χ4n) is 3.56. The zero-order chi connectivity index (χ0) is 22.1. The summed E-state index contributed by atoms with van der Waals surface area (Å²) in [6, 6.07) is 10.2. The number of benzene rings is 1. The van der Waals surface area contributed by atoms with Crippen LogP contribution in [0.5, 0.6) is 0 Å². The molecule has 31 heavy (non-hydrogen) atoms. The number of aromatic nitrogens is 5. The van der Waals surface area contributed by atoms with E-state index in [-0.39, 0.29) is 24.1 Å². The van der Waals surface area contributed by atoms with Gasteiger partial charge in [-0.2, -0.15) is 10.2 Å². The van der Waals surface area contributed by atoms with Crippen LogP contribution >= 0.6 is 0 Å². The summed E-state index contributed by atoms with van der Waals surface area (Å²) in [5, 5.41) is 14.8. The van der Waals surface area contributed by atoms with E-state index in [0.717, 1.165) is 22.2 Å². The normalized spacial score (nSPS) is 11.0. The molecular formula is C22H23N7O2. The molecule has 9 heteroatoms. The first-order valence-corrected chi connectivity index (χ1v) is 9.82. The summed E-state index contributed by atoms with van der Waals surface area (Å²) >= 11 is 0. The largest absolute Gasteiger partial charge is 0.354 e. The second-order valence-corrected chi connectivity index (χ2v) is 7.36. The van der Waals surface area contributed by atoms with Gasteiger partial charge in [0.15, 0.2) is 11.3 Å².